The Balaban J connectivity index is 2.83. The molecule has 0 fully saturated rings. The van der Waals surface area contributed by atoms with E-state index in [-0.39, 0.29) is 17.2 Å². The number of hydrogen-bond donors (Lipinski definition) is 1. The number of sulfonamides is 1. The molecule has 0 aliphatic carbocycles. The molecule has 0 aromatic carbocycles. The first-order valence-electron chi connectivity index (χ1n) is 3.44. The molecule has 68 valence electrons. The molecule has 0 aromatic heterocycles. The van der Waals surface area contributed by atoms with Crippen LogP contribution in [0.3, 0.4) is 0 Å². The van der Waals surface area contributed by atoms with Crippen LogP contribution in [-0.4, -0.2) is 27.8 Å². The molecule has 0 spiro atoms. The summed E-state index contributed by atoms with van der Waals surface area (Å²) in [4.78, 5) is 0.0596. The first-order valence-corrected chi connectivity index (χ1v) is 4.88. The second-order valence-electron chi connectivity index (χ2n) is 2.23. The Kier molecular flexibility index (Phi) is 2.49. The van der Waals surface area contributed by atoms with Crippen LogP contribution in [-0.2, 0) is 14.8 Å². The number of allylic oxidation sites excluding steroid dienone is 1. The molecule has 0 atom stereocenters. The van der Waals surface area contributed by atoms with Gasteiger partial charge in [0.05, 0.1) is 18.5 Å². The van der Waals surface area contributed by atoms with Gasteiger partial charge in [-0.15, -0.1) is 0 Å². The largest absolute Gasteiger partial charge is 0.397 e. The summed E-state index contributed by atoms with van der Waals surface area (Å²) in [5.74, 6) is 0. The SMILES string of the molecule is CCOCC1=C(N)C=NS1(=O)=O. The van der Waals surface area contributed by atoms with Gasteiger partial charge >= 0.3 is 0 Å². The van der Waals surface area contributed by atoms with E-state index in [2.05, 4.69) is 4.40 Å². The van der Waals surface area contributed by atoms with Crippen LogP contribution < -0.4 is 5.73 Å². The molecule has 6 heteroatoms. The van der Waals surface area contributed by atoms with Crippen molar-refractivity contribution < 1.29 is 13.2 Å². The van der Waals surface area contributed by atoms with Crippen LogP contribution >= 0.6 is 0 Å². The van der Waals surface area contributed by atoms with Crippen molar-refractivity contribution in [2.24, 2.45) is 10.1 Å². The van der Waals surface area contributed by atoms with E-state index in [1.165, 1.54) is 0 Å². The molecule has 0 saturated carbocycles. The van der Waals surface area contributed by atoms with Gasteiger partial charge in [0.1, 0.15) is 4.91 Å². The Hall–Kier alpha value is -0.880. The fourth-order valence-electron chi connectivity index (χ4n) is 0.763. The number of ether oxygens (including phenoxy) is 1. The van der Waals surface area contributed by atoms with Gasteiger partial charge in [0, 0.05) is 6.61 Å². The molecular weight excluding hydrogens is 180 g/mol. The van der Waals surface area contributed by atoms with E-state index in [1.807, 2.05) is 0 Å². The van der Waals surface area contributed by atoms with Crippen LogP contribution in [0.1, 0.15) is 6.92 Å². The summed E-state index contributed by atoms with van der Waals surface area (Å²) < 4.78 is 30.3. The third kappa shape index (κ3) is 1.64. The average Bonchev–Trinajstić information content (AvgIpc) is 2.24. The van der Waals surface area contributed by atoms with E-state index >= 15 is 0 Å². The molecule has 2 N–H and O–H groups in total. The van der Waals surface area contributed by atoms with Crippen molar-refractivity contribution in [3.05, 3.63) is 10.6 Å². The smallest absolute Gasteiger partial charge is 0.282 e. The van der Waals surface area contributed by atoms with Crippen LogP contribution in [0.25, 0.3) is 0 Å². The fourth-order valence-corrected chi connectivity index (χ4v) is 1.73. The van der Waals surface area contributed by atoms with Crippen LogP contribution in [0.5, 0.6) is 0 Å². The van der Waals surface area contributed by atoms with Crippen molar-refractivity contribution in [1.82, 2.24) is 0 Å². The van der Waals surface area contributed by atoms with Gasteiger partial charge < -0.3 is 10.5 Å². The Morgan fingerprint density at radius 1 is 1.67 bits per heavy atom. The van der Waals surface area contributed by atoms with Gasteiger partial charge in [0.2, 0.25) is 0 Å². The quantitative estimate of drug-likeness (QED) is 0.657. The maximum Gasteiger partial charge on any atom is 0.282 e. The van der Waals surface area contributed by atoms with Gasteiger partial charge in [-0.3, -0.25) is 0 Å². The second kappa shape index (κ2) is 3.24. The van der Waals surface area contributed by atoms with Gasteiger partial charge in [-0.2, -0.15) is 12.8 Å². The molecule has 1 rings (SSSR count). The molecule has 1 aliphatic rings. The molecule has 0 bridgehead atoms. The summed E-state index contributed by atoms with van der Waals surface area (Å²) in [6.07, 6.45) is 1.13. The standard InChI is InChI=1S/C6H10N2O3S/c1-2-11-4-6-5(7)3-8-12(6,9)10/h3H,2,4,7H2,1H3. The topological polar surface area (TPSA) is 81.8 Å². The minimum atomic E-state index is -3.51. The van der Waals surface area contributed by atoms with Crippen LogP contribution in [0, 0.1) is 0 Å². The van der Waals surface area contributed by atoms with Gasteiger partial charge in [-0.1, -0.05) is 0 Å². The molecule has 1 heterocycles. The maximum absolute atomic E-state index is 11.1. The Bertz CT molecular complexity index is 329. The molecule has 5 nitrogen and oxygen atoms in total. The minimum absolute atomic E-state index is 0.00463. The maximum atomic E-state index is 11.1. The zero-order valence-corrected chi connectivity index (χ0v) is 7.47. The number of nitrogens with zero attached hydrogens (tertiary/aromatic N) is 1. The van der Waals surface area contributed by atoms with Crippen molar-refractivity contribution >= 4 is 16.2 Å². The molecule has 0 aromatic rings. The van der Waals surface area contributed by atoms with E-state index in [0.717, 1.165) is 6.21 Å². The lowest BCUT2D eigenvalue weighted by Gasteiger charge is -2.01. The van der Waals surface area contributed by atoms with Gasteiger partial charge in [0.25, 0.3) is 10.0 Å². The molecule has 0 amide bonds. The summed E-state index contributed by atoms with van der Waals surface area (Å²) in [7, 11) is -3.51. The van der Waals surface area contributed by atoms with Crippen molar-refractivity contribution in [1.29, 1.82) is 0 Å². The monoisotopic (exact) mass is 190 g/mol. The summed E-state index contributed by atoms with van der Waals surface area (Å²) >= 11 is 0. The summed E-state index contributed by atoms with van der Waals surface area (Å²) in [5.41, 5.74) is 5.54. The highest BCUT2D eigenvalue weighted by Gasteiger charge is 2.24. The average molecular weight is 190 g/mol. The highest BCUT2D eigenvalue weighted by molar-refractivity contribution is 7.94. The molecule has 12 heavy (non-hydrogen) atoms. The summed E-state index contributed by atoms with van der Waals surface area (Å²) in [5, 5.41) is 0. The highest BCUT2D eigenvalue weighted by atomic mass is 32.2. The Morgan fingerprint density at radius 3 is 2.75 bits per heavy atom. The zero-order chi connectivity index (χ0) is 9.19. The lowest BCUT2D eigenvalue weighted by Crippen LogP contribution is -2.10. The third-order valence-corrected chi connectivity index (χ3v) is 2.76. The zero-order valence-electron chi connectivity index (χ0n) is 6.65. The van der Waals surface area contributed by atoms with Gasteiger partial charge in [-0.25, -0.2) is 0 Å². The molecule has 0 radical (unpaired) electrons. The van der Waals surface area contributed by atoms with Crippen LogP contribution in [0.4, 0.5) is 0 Å². The van der Waals surface area contributed by atoms with Crippen molar-refractivity contribution in [3.8, 4) is 0 Å². The molecular formula is C6H10N2O3S. The fraction of sp³-hybridized carbons (Fsp3) is 0.500. The number of nitrogens with two attached hydrogens (primary N) is 1. The lowest BCUT2D eigenvalue weighted by molar-refractivity contribution is 0.174. The van der Waals surface area contributed by atoms with E-state index < -0.39 is 10.0 Å². The minimum Gasteiger partial charge on any atom is -0.397 e. The summed E-state index contributed by atoms with van der Waals surface area (Å²) in [6, 6.07) is 0. The predicted molar refractivity (Wildman–Crippen MR) is 45.1 cm³/mol. The van der Waals surface area contributed by atoms with Crippen LogP contribution in [0.15, 0.2) is 15.0 Å². The van der Waals surface area contributed by atoms with Gasteiger partial charge in [0.15, 0.2) is 0 Å². The van der Waals surface area contributed by atoms with Crippen molar-refractivity contribution in [2.75, 3.05) is 13.2 Å². The van der Waals surface area contributed by atoms with E-state index in [1.54, 1.807) is 6.92 Å². The van der Waals surface area contributed by atoms with Crippen LogP contribution in [0.2, 0.25) is 0 Å². The first kappa shape index (κ1) is 9.21. The Morgan fingerprint density at radius 2 is 2.33 bits per heavy atom. The molecule has 0 saturated heterocycles. The second-order valence-corrected chi connectivity index (χ2v) is 3.88. The van der Waals surface area contributed by atoms with E-state index in [0.29, 0.717) is 6.61 Å². The normalized spacial score (nSPS) is 20.4. The lowest BCUT2D eigenvalue weighted by atomic mass is 10.4. The Labute approximate surface area is 71.0 Å². The van der Waals surface area contributed by atoms with E-state index in [9.17, 15) is 8.42 Å². The number of rotatable bonds is 3. The van der Waals surface area contributed by atoms with Crippen molar-refractivity contribution in [3.63, 3.8) is 0 Å². The molecule has 1 aliphatic heterocycles. The highest BCUT2D eigenvalue weighted by Crippen LogP contribution is 2.16. The summed E-state index contributed by atoms with van der Waals surface area (Å²) in [6.45, 7) is 2.23. The van der Waals surface area contributed by atoms with E-state index in [4.69, 9.17) is 10.5 Å². The van der Waals surface area contributed by atoms with Gasteiger partial charge in [-0.05, 0) is 6.92 Å². The predicted octanol–water partition coefficient (Wildman–Crippen LogP) is -0.393. The first-order chi connectivity index (χ1) is 5.58. The molecule has 0 unspecified atom stereocenters. The number of hydrogen-bond acceptors (Lipinski definition) is 4. The van der Waals surface area contributed by atoms with Crippen molar-refractivity contribution in [2.45, 2.75) is 6.92 Å². The third-order valence-electron chi connectivity index (χ3n) is 1.40.